The lowest BCUT2D eigenvalue weighted by Crippen LogP contribution is -1.99. The van der Waals surface area contributed by atoms with E-state index in [0.717, 1.165) is 11.3 Å². The fourth-order valence-electron chi connectivity index (χ4n) is 2.18. The van der Waals surface area contributed by atoms with Crippen LogP contribution >= 0.6 is 11.6 Å². The fourth-order valence-corrected chi connectivity index (χ4v) is 2.37. The molecule has 0 bridgehead atoms. The van der Waals surface area contributed by atoms with E-state index >= 15 is 0 Å². The van der Waals surface area contributed by atoms with Gasteiger partial charge in [-0.25, -0.2) is 4.39 Å². The molecule has 3 aromatic rings. The van der Waals surface area contributed by atoms with Crippen LogP contribution in [0.1, 0.15) is 11.1 Å². The molecular weight excluding hydrogens is 339 g/mol. The van der Waals surface area contributed by atoms with Crippen LogP contribution in [0.25, 0.3) is 0 Å². The van der Waals surface area contributed by atoms with Crippen LogP contribution in [-0.4, -0.2) is 6.21 Å². The minimum atomic E-state index is -0.448. The molecular formula is C20H16ClFN2O. The number of rotatable bonds is 6. The number of nitrogens with zero attached hydrogens (tertiary/aromatic N) is 1. The van der Waals surface area contributed by atoms with Crippen molar-refractivity contribution < 1.29 is 9.13 Å². The van der Waals surface area contributed by atoms with Gasteiger partial charge in [0.05, 0.1) is 11.9 Å². The van der Waals surface area contributed by atoms with Gasteiger partial charge in [-0.05, 0) is 42.0 Å². The third-order valence-electron chi connectivity index (χ3n) is 3.48. The molecule has 5 heteroatoms. The highest BCUT2D eigenvalue weighted by Gasteiger charge is 2.06. The molecule has 3 nitrogen and oxygen atoms in total. The zero-order valence-electron chi connectivity index (χ0n) is 13.3. The van der Waals surface area contributed by atoms with Gasteiger partial charge in [0, 0.05) is 10.6 Å². The Kier molecular flexibility index (Phi) is 5.65. The quantitative estimate of drug-likeness (QED) is 0.468. The molecule has 3 aromatic carbocycles. The Balaban J connectivity index is 1.61. The molecule has 0 saturated carbocycles. The van der Waals surface area contributed by atoms with Gasteiger partial charge >= 0.3 is 0 Å². The van der Waals surface area contributed by atoms with Crippen molar-refractivity contribution in [2.75, 3.05) is 5.43 Å². The van der Waals surface area contributed by atoms with Crippen molar-refractivity contribution in [3.05, 3.63) is 94.8 Å². The normalized spacial score (nSPS) is 10.8. The topological polar surface area (TPSA) is 33.6 Å². The first-order valence-electron chi connectivity index (χ1n) is 7.72. The average molecular weight is 355 g/mol. The van der Waals surface area contributed by atoms with Crippen LogP contribution in [-0.2, 0) is 6.61 Å². The van der Waals surface area contributed by atoms with Gasteiger partial charge in [-0.2, -0.15) is 5.10 Å². The second-order valence-electron chi connectivity index (χ2n) is 5.31. The largest absolute Gasteiger partial charge is 0.486 e. The van der Waals surface area contributed by atoms with E-state index in [0.29, 0.717) is 10.6 Å². The van der Waals surface area contributed by atoms with Crippen molar-refractivity contribution >= 4 is 23.5 Å². The van der Waals surface area contributed by atoms with Crippen LogP contribution in [0.5, 0.6) is 5.75 Å². The van der Waals surface area contributed by atoms with Crippen LogP contribution in [0, 0.1) is 5.82 Å². The smallest absolute Gasteiger partial charge is 0.165 e. The number of benzene rings is 3. The second-order valence-corrected chi connectivity index (χ2v) is 5.71. The maximum absolute atomic E-state index is 14.2. The Morgan fingerprint density at radius 1 is 1.00 bits per heavy atom. The van der Waals surface area contributed by atoms with Gasteiger partial charge in [0.25, 0.3) is 0 Å². The minimum absolute atomic E-state index is 0.174. The lowest BCUT2D eigenvalue weighted by Gasteiger charge is -2.09. The van der Waals surface area contributed by atoms with Gasteiger partial charge in [0.15, 0.2) is 11.6 Å². The highest BCUT2D eigenvalue weighted by molar-refractivity contribution is 6.31. The van der Waals surface area contributed by atoms with Crippen LogP contribution in [0.4, 0.5) is 10.1 Å². The lowest BCUT2D eigenvalue weighted by atomic mass is 10.2. The molecule has 0 radical (unpaired) electrons. The summed E-state index contributed by atoms with van der Waals surface area (Å²) in [5.74, 6) is -0.274. The van der Waals surface area contributed by atoms with Crippen LogP contribution in [0.3, 0.4) is 0 Å². The van der Waals surface area contributed by atoms with Crippen molar-refractivity contribution in [3.63, 3.8) is 0 Å². The van der Waals surface area contributed by atoms with E-state index in [1.807, 2.05) is 48.5 Å². The summed E-state index contributed by atoms with van der Waals surface area (Å²) in [4.78, 5) is 0. The van der Waals surface area contributed by atoms with Gasteiger partial charge in [-0.1, -0.05) is 48.0 Å². The number of nitrogens with one attached hydrogen (secondary N) is 1. The van der Waals surface area contributed by atoms with Crippen molar-refractivity contribution in [3.8, 4) is 5.75 Å². The van der Waals surface area contributed by atoms with Crippen molar-refractivity contribution in [1.82, 2.24) is 0 Å². The van der Waals surface area contributed by atoms with Gasteiger partial charge in [-0.15, -0.1) is 0 Å². The SMILES string of the molecule is Fc1cc(C=NNc2ccccc2)ccc1OCc1ccccc1Cl. The highest BCUT2D eigenvalue weighted by atomic mass is 35.5. The molecule has 0 atom stereocenters. The standard InChI is InChI=1S/C20H16ClFN2O/c21-18-9-5-4-6-16(18)14-25-20-11-10-15(12-19(20)22)13-23-24-17-7-2-1-3-8-17/h1-13,24H,14H2. The number of hydrazone groups is 1. The van der Waals surface area contributed by atoms with Crippen molar-refractivity contribution in [2.45, 2.75) is 6.61 Å². The summed E-state index contributed by atoms with van der Waals surface area (Å²) in [7, 11) is 0. The Bertz CT molecular complexity index is 869. The predicted octanol–water partition coefficient (Wildman–Crippen LogP) is 5.50. The van der Waals surface area contributed by atoms with E-state index in [-0.39, 0.29) is 12.4 Å². The van der Waals surface area contributed by atoms with Crippen LogP contribution in [0.2, 0.25) is 5.02 Å². The molecule has 0 unspecified atom stereocenters. The number of hydrogen-bond acceptors (Lipinski definition) is 3. The van der Waals surface area contributed by atoms with Crippen LogP contribution < -0.4 is 10.2 Å². The summed E-state index contributed by atoms with van der Waals surface area (Å²) < 4.78 is 19.7. The summed E-state index contributed by atoms with van der Waals surface area (Å²) in [6.07, 6.45) is 1.55. The molecule has 0 saturated heterocycles. The average Bonchev–Trinajstić information content (AvgIpc) is 2.63. The van der Waals surface area contributed by atoms with Crippen molar-refractivity contribution in [1.29, 1.82) is 0 Å². The minimum Gasteiger partial charge on any atom is -0.486 e. The Hall–Kier alpha value is -2.85. The fraction of sp³-hybridized carbons (Fsp3) is 0.0500. The van der Waals surface area contributed by atoms with Crippen molar-refractivity contribution in [2.24, 2.45) is 5.10 Å². The summed E-state index contributed by atoms with van der Waals surface area (Å²) in [6.45, 7) is 0.208. The third-order valence-corrected chi connectivity index (χ3v) is 3.85. The molecule has 1 N–H and O–H groups in total. The van der Waals surface area contributed by atoms with E-state index in [1.165, 1.54) is 6.07 Å². The first-order valence-corrected chi connectivity index (χ1v) is 8.10. The summed E-state index contributed by atoms with van der Waals surface area (Å²) >= 11 is 6.07. The molecule has 126 valence electrons. The molecule has 25 heavy (non-hydrogen) atoms. The van der Waals surface area contributed by atoms with E-state index in [4.69, 9.17) is 16.3 Å². The van der Waals surface area contributed by atoms with Crippen LogP contribution in [0.15, 0.2) is 77.9 Å². The summed E-state index contributed by atoms with van der Waals surface area (Å²) in [6, 6.07) is 21.5. The van der Waals surface area contributed by atoms with Gasteiger partial charge in [0.2, 0.25) is 0 Å². The van der Waals surface area contributed by atoms with E-state index < -0.39 is 5.82 Å². The number of para-hydroxylation sites is 1. The first-order chi connectivity index (χ1) is 12.2. The zero-order chi connectivity index (χ0) is 17.5. The third kappa shape index (κ3) is 4.81. The van der Waals surface area contributed by atoms with E-state index in [1.54, 1.807) is 24.4 Å². The molecule has 0 aliphatic rings. The lowest BCUT2D eigenvalue weighted by molar-refractivity contribution is 0.290. The zero-order valence-corrected chi connectivity index (χ0v) is 14.1. The van der Waals surface area contributed by atoms with Gasteiger partial charge in [0.1, 0.15) is 6.61 Å². The van der Waals surface area contributed by atoms with Gasteiger partial charge < -0.3 is 4.74 Å². The Labute approximate surface area is 150 Å². The Morgan fingerprint density at radius 2 is 1.76 bits per heavy atom. The number of anilines is 1. The molecule has 0 spiro atoms. The molecule has 0 amide bonds. The molecule has 0 fully saturated rings. The number of halogens is 2. The molecule has 0 aliphatic heterocycles. The summed E-state index contributed by atoms with van der Waals surface area (Å²) in [5, 5.41) is 4.68. The monoisotopic (exact) mass is 354 g/mol. The number of hydrogen-bond donors (Lipinski definition) is 1. The molecule has 0 heterocycles. The molecule has 3 rings (SSSR count). The highest BCUT2D eigenvalue weighted by Crippen LogP contribution is 2.21. The summed E-state index contributed by atoms with van der Waals surface area (Å²) in [5.41, 5.74) is 5.18. The Morgan fingerprint density at radius 3 is 2.52 bits per heavy atom. The predicted molar refractivity (Wildman–Crippen MR) is 99.8 cm³/mol. The maximum atomic E-state index is 14.2. The van der Waals surface area contributed by atoms with E-state index in [9.17, 15) is 4.39 Å². The number of ether oxygens (including phenoxy) is 1. The van der Waals surface area contributed by atoms with Gasteiger partial charge in [-0.3, -0.25) is 5.43 Å². The molecule has 0 aliphatic carbocycles. The first kappa shape index (κ1) is 17.0. The second kappa shape index (κ2) is 8.31. The maximum Gasteiger partial charge on any atom is 0.165 e. The van der Waals surface area contributed by atoms with E-state index in [2.05, 4.69) is 10.5 Å². The molecule has 0 aromatic heterocycles.